The van der Waals surface area contributed by atoms with Crippen LogP contribution in [0.2, 0.25) is 0 Å². The molecule has 1 aromatic carbocycles. The standard InChI is InChI=1S/C15H21N5O2S/c1-11-3-4-13-14(7-11)17-10-18-15(13)20-8-12(9-20)5-6-19(2)23(16,21)22/h3-4,7,10,12H,5-6,8-9H2,1-2H3,(H2,16,21,22). The molecule has 0 bridgehead atoms. The van der Waals surface area contributed by atoms with Crippen LogP contribution in [0, 0.1) is 12.8 Å². The Labute approximate surface area is 136 Å². The van der Waals surface area contributed by atoms with E-state index in [2.05, 4.69) is 33.1 Å². The number of rotatable bonds is 5. The minimum absolute atomic E-state index is 0.445. The third-order valence-corrected chi connectivity index (χ3v) is 5.37. The molecule has 1 aliphatic rings. The van der Waals surface area contributed by atoms with Crippen LogP contribution in [0.15, 0.2) is 24.5 Å². The van der Waals surface area contributed by atoms with Crippen molar-refractivity contribution in [2.75, 3.05) is 31.6 Å². The molecule has 2 aromatic rings. The van der Waals surface area contributed by atoms with Gasteiger partial charge in [0.2, 0.25) is 0 Å². The van der Waals surface area contributed by atoms with E-state index in [4.69, 9.17) is 5.14 Å². The van der Waals surface area contributed by atoms with E-state index in [1.165, 1.54) is 16.9 Å². The van der Waals surface area contributed by atoms with E-state index in [0.717, 1.165) is 36.2 Å². The molecule has 0 atom stereocenters. The van der Waals surface area contributed by atoms with Gasteiger partial charge in [-0.1, -0.05) is 6.07 Å². The van der Waals surface area contributed by atoms with Gasteiger partial charge in [0, 0.05) is 32.1 Å². The molecule has 8 heteroatoms. The third-order valence-electron chi connectivity index (χ3n) is 4.31. The number of fused-ring (bicyclic) bond motifs is 1. The van der Waals surface area contributed by atoms with Crippen molar-refractivity contribution < 1.29 is 8.42 Å². The Morgan fingerprint density at radius 3 is 2.78 bits per heavy atom. The summed E-state index contributed by atoms with van der Waals surface area (Å²) in [5.74, 6) is 1.40. The Kier molecular flexibility index (Phi) is 4.22. The Morgan fingerprint density at radius 1 is 1.35 bits per heavy atom. The van der Waals surface area contributed by atoms with Gasteiger partial charge in [0.05, 0.1) is 5.52 Å². The predicted molar refractivity (Wildman–Crippen MR) is 90.3 cm³/mol. The van der Waals surface area contributed by atoms with Crippen LogP contribution in [0.3, 0.4) is 0 Å². The summed E-state index contributed by atoms with van der Waals surface area (Å²) in [5, 5.41) is 6.14. The first kappa shape index (κ1) is 16.1. The fourth-order valence-corrected chi connectivity index (χ4v) is 3.18. The van der Waals surface area contributed by atoms with E-state index < -0.39 is 10.2 Å². The molecule has 2 heterocycles. The first-order valence-corrected chi connectivity index (χ1v) is 9.05. The Bertz CT molecular complexity index is 818. The van der Waals surface area contributed by atoms with Gasteiger partial charge in [0.25, 0.3) is 10.2 Å². The van der Waals surface area contributed by atoms with E-state index in [1.54, 1.807) is 6.33 Å². The summed E-state index contributed by atoms with van der Waals surface area (Å²) in [6.45, 7) is 4.24. The normalized spacial score (nSPS) is 16.1. The molecule has 1 aromatic heterocycles. The summed E-state index contributed by atoms with van der Waals surface area (Å²) >= 11 is 0. The summed E-state index contributed by atoms with van der Waals surface area (Å²) < 4.78 is 23.6. The summed E-state index contributed by atoms with van der Waals surface area (Å²) in [6.07, 6.45) is 2.39. The highest BCUT2D eigenvalue weighted by Gasteiger charge is 2.29. The zero-order chi connectivity index (χ0) is 16.6. The fraction of sp³-hybridized carbons (Fsp3) is 0.467. The Hall–Kier alpha value is -1.77. The van der Waals surface area contributed by atoms with E-state index in [9.17, 15) is 8.42 Å². The van der Waals surface area contributed by atoms with Gasteiger partial charge in [-0.25, -0.2) is 15.1 Å². The van der Waals surface area contributed by atoms with Crippen LogP contribution in [0.4, 0.5) is 5.82 Å². The van der Waals surface area contributed by atoms with Gasteiger partial charge >= 0.3 is 0 Å². The topological polar surface area (TPSA) is 92.4 Å². The summed E-state index contributed by atoms with van der Waals surface area (Å²) in [7, 11) is -2.08. The van der Waals surface area contributed by atoms with Crippen molar-refractivity contribution in [1.82, 2.24) is 14.3 Å². The zero-order valence-electron chi connectivity index (χ0n) is 13.3. The number of hydrogen-bond acceptors (Lipinski definition) is 5. The van der Waals surface area contributed by atoms with E-state index in [-0.39, 0.29) is 0 Å². The highest BCUT2D eigenvalue weighted by atomic mass is 32.2. The number of aromatic nitrogens is 2. The predicted octanol–water partition coefficient (Wildman–Crippen LogP) is 0.900. The fourth-order valence-electron chi connectivity index (χ4n) is 2.82. The molecule has 0 saturated carbocycles. The molecule has 0 unspecified atom stereocenters. The average Bonchev–Trinajstić information content (AvgIpc) is 2.44. The lowest BCUT2D eigenvalue weighted by Crippen LogP contribution is -2.48. The van der Waals surface area contributed by atoms with Crippen LogP contribution >= 0.6 is 0 Å². The average molecular weight is 335 g/mol. The molecular weight excluding hydrogens is 314 g/mol. The molecule has 3 rings (SSSR count). The maximum absolute atomic E-state index is 11.2. The minimum atomic E-state index is -3.58. The van der Waals surface area contributed by atoms with Crippen molar-refractivity contribution in [3.8, 4) is 0 Å². The van der Waals surface area contributed by atoms with Crippen molar-refractivity contribution in [3.05, 3.63) is 30.1 Å². The Balaban J connectivity index is 1.64. The molecule has 0 spiro atoms. The smallest absolute Gasteiger partial charge is 0.276 e. The first-order chi connectivity index (χ1) is 10.8. The highest BCUT2D eigenvalue weighted by Crippen LogP contribution is 2.30. The van der Waals surface area contributed by atoms with E-state index in [1.807, 2.05) is 6.92 Å². The van der Waals surface area contributed by atoms with Crippen LogP contribution in [0.5, 0.6) is 0 Å². The van der Waals surface area contributed by atoms with Crippen LogP contribution in [-0.2, 0) is 10.2 Å². The molecular formula is C15H21N5O2S. The molecule has 7 nitrogen and oxygen atoms in total. The summed E-state index contributed by atoms with van der Waals surface area (Å²) in [6, 6.07) is 6.18. The molecule has 0 amide bonds. The maximum Gasteiger partial charge on any atom is 0.276 e. The zero-order valence-corrected chi connectivity index (χ0v) is 14.1. The lowest BCUT2D eigenvalue weighted by atomic mass is 9.96. The number of anilines is 1. The van der Waals surface area contributed by atoms with Crippen molar-refractivity contribution in [2.24, 2.45) is 11.1 Å². The second kappa shape index (κ2) is 6.03. The van der Waals surface area contributed by atoms with Crippen molar-refractivity contribution >= 4 is 26.9 Å². The SMILES string of the molecule is Cc1ccc2c(N3CC(CCN(C)S(N)(=O)=O)C3)ncnc2c1. The van der Waals surface area contributed by atoms with E-state index in [0.29, 0.717) is 12.5 Å². The highest BCUT2D eigenvalue weighted by molar-refractivity contribution is 7.86. The molecule has 1 aliphatic heterocycles. The number of nitrogens with two attached hydrogens (primary N) is 1. The largest absolute Gasteiger partial charge is 0.355 e. The van der Waals surface area contributed by atoms with Gasteiger partial charge in [-0.05, 0) is 37.0 Å². The first-order valence-electron chi connectivity index (χ1n) is 7.55. The summed E-state index contributed by atoms with van der Waals surface area (Å²) in [4.78, 5) is 10.9. The number of hydrogen-bond donors (Lipinski definition) is 1. The van der Waals surface area contributed by atoms with Gasteiger partial charge in [0.15, 0.2) is 0 Å². The van der Waals surface area contributed by atoms with Crippen LogP contribution in [0.1, 0.15) is 12.0 Å². The minimum Gasteiger partial charge on any atom is -0.355 e. The lowest BCUT2D eigenvalue weighted by molar-refractivity contribution is 0.343. The van der Waals surface area contributed by atoms with E-state index >= 15 is 0 Å². The van der Waals surface area contributed by atoms with Gasteiger partial charge in [-0.2, -0.15) is 12.7 Å². The third kappa shape index (κ3) is 3.44. The van der Waals surface area contributed by atoms with Gasteiger partial charge in [-0.15, -0.1) is 0 Å². The van der Waals surface area contributed by atoms with Crippen LogP contribution in [-0.4, -0.2) is 49.4 Å². The monoisotopic (exact) mass is 335 g/mol. The molecule has 124 valence electrons. The number of benzene rings is 1. The maximum atomic E-state index is 11.2. The Morgan fingerprint density at radius 2 is 2.09 bits per heavy atom. The van der Waals surface area contributed by atoms with Crippen LogP contribution < -0.4 is 10.0 Å². The second-order valence-corrected chi connectivity index (χ2v) is 7.80. The van der Waals surface area contributed by atoms with Crippen molar-refractivity contribution in [2.45, 2.75) is 13.3 Å². The molecule has 2 N–H and O–H groups in total. The second-order valence-electron chi connectivity index (χ2n) is 6.14. The number of aryl methyl sites for hydroxylation is 1. The van der Waals surface area contributed by atoms with Crippen molar-refractivity contribution in [3.63, 3.8) is 0 Å². The van der Waals surface area contributed by atoms with Gasteiger partial charge in [0.1, 0.15) is 12.1 Å². The molecule has 0 aliphatic carbocycles. The quantitative estimate of drug-likeness (QED) is 0.876. The molecule has 1 saturated heterocycles. The van der Waals surface area contributed by atoms with Crippen LogP contribution in [0.25, 0.3) is 10.9 Å². The molecule has 23 heavy (non-hydrogen) atoms. The van der Waals surface area contributed by atoms with Gasteiger partial charge in [-0.3, -0.25) is 0 Å². The summed E-state index contributed by atoms with van der Waals surface area (Å²) in [5.41, 5.74) is 2.13. The van der Waals surface area contributed by atoms with Gasteiger partial charge < -0.3 is 4.90 Å². The molecule has 0 radical (unpaired) electrons. The van der Waals surface area contributed by atoms with Crippen molar-refractivity contribution in [1.29, 1.82) is 0 Å². The molecule has 1 fully saturated rings. The number of nitrogens with zero attached hydrogens (tertiary/aromatic N) is 4. The lowest BCUT2D eigenvalue weighted by Gasteiger charge is -2.41.